The topological polar surface area (TPSA) is 28.7 Å². The number of pyridine rings is 1. The number of aromatic amines is 1. The van der Waals surface area contributed by atoms with Crippen LogP contribution in [0.5, 0.6) is 0 Å². The summed E-state index contributed by atoms with van der Waals surface area (Å²) >= 11 is 5.90. The fourth-order valence-corrected chi connectivity index (χ4v) is 2.37. The van der Waals surface area contributed by atoms with Crippen LogP contribution in [0.4, 0.5) is 0 Å². The van der Waals surface area contributed by atoms with Gasteiger partial charge in [-0.15, -0.1) is 0 Å². The molecule has 0 aliphatic carbocycles. The van der Waals surface area contributed by atoms with Crippen molar-refractivity contribution in [1.82, 2.24) is 9.97 Å². The average Bonchev–Trinajstić information content (AvgIpc) is 2.81. The number of nitrogens with one attached hydrogen (secondary N) is 1. The number of aryl methyl sites for hydroxylation is 1. The Balaban J connectivity index is 2.19. The highest BCUT2D eigenvalue weighted by Gasteiger charge is 2.07. The summed E-state index contributed by atoms with van der Waals surface area (Å²) in [6.07, 6.45) is 1.01. The van der Waals surface area contributed by atoms with E-state index in [-0.39, 0.29) is 0 Å². The lowest BCUT2D eigenvalue weighted by Crippen LogP contribution is -1.86. The lowest BCUT2D eigenvalue weighted by molar-refractivity contribution is 1.14. The van der Waals surface area contributed by atoms with E-state index in [0.717, 1.165) is 23.1 Å². The first-order valence-corrected chi connectivity index (χ1v) is 6.39. The molecule has 18 heavy (non-hydrogen) atoms. The number of hydrogen-bond donors (Lipinski definition) is 1. The molecule has 2 heterocycles. The summed E-state index contributed by atoms with van der Waals surface area (Å²) < 4.78 is 0. The van der Waals surface area contributed by atoms with Crippen molar-refractivity contribution in [1.29, 1.82) is 0 Å². The number of halogens is 1. The van der Waals surface area contributed by atoms with Crippen molar-refractivity contribution >= 4 is 22.6 Å². The second kappa shape index (κ2) is 4.46. The zero-order valence-corrected chi connectivity index (χ0v) is 10.8. The monoisotopic (exact) mass is 256 g/mol. The van der Waals surface area contributed by atoms with Gasteiger partial charge in [0.25, 0.3) is 0 Å². The Labute approximate surface area is 111 Å². The molecule has 1 aromatic carbocycles. The summed E-state index contributed by atoms with van der Waals surface area (Å²) in [6, 6.07) is 14.3. The Hall–Kier alpha value is -1.80. The molecule has 0 saturated carbocycles. The van der Waals surface area contributed by atoms with E-state index in [0.29, 0.717) is 5.15 Å². The van der Waals surface area contributed by atoms with Gasteiger partial charge in [0, 0.05) is 16.6 Å². The van der Waals surface area contributed by atoms with Crippen molar-refractivity contribution in [2.24, 2.45) is 0 Å². The molecule has 0 saturated heterocycles. The summed E-state index contributed by atoms with van der Waals surface area (Å²) in [5, 5.41) is 1.60. The van der Waals surface area contributed by atoms with Crippen LogP contribution in [-0.2, 0) is 6.42 Å². The number of hydrogen-bond acceptors (Lipinski definition) is 1. The van der Waals surface area contributed by atoms with Crippen molar-refractivity contribution < 1.29 is 0 Å². The molecular weight excluding hydrogens is 244 g/mol. The van der Waals surface area contributed by atoms with Gasteiger partial charge < -0.3 is 4.98 Å². The van der Waals surface area contributed by atoms with Crippen LogP contribution in [0.15, 0.2) is 42.5 Å². The fraction of sp³-hybridized carbons (Fsp3) is 0.133. The van der Waals surface area contributed by atoms with Crippen LogP contribution in [0.25, 0.3) is 22.3 Å². The summed E-state index contributed by atoms with van der Waals surface area (Å²) in [6.45, 7) is 2.16. The van der Waals surface area contributed by atoms with Gasteiger partial charge in [0.2, 0.25) is 0 Å². The van der Waals surface area contributed by atoms with Gasteiger partial charge in [-0.3, -0.25) is 0 Å². The van der Waals surface area contributed by atoms with Crippen molar-refractivity contribution in [2.75, 3.05) is 0 Å². The Bertz CT molecular complexity index is 701. The lowest BCUT2D eigenvalue weighted by atomic mass is 10.0. The number of benzene rings is 1. The molecule has 0 radical (unpaired) electrons. The second-order valence-electron chi connectivity index (χ2n) is 4.27. The van der Waals surface area contributed by atoms with Gasteiger partial charge in [0.15, 0.2) is 0 Å². The van der Waals surface area contributed by atoms with Crippen molar-refractivity contribution in [3.63, 3.8) is 0 Å². The van der Waals surface area contributed by atoms with E-state index in [1.807, 2.05) is 12.1 Å². The zero-order chi connectivity index (χ0) is 12.5. The highest BCUT2D eigenvalue weighted by Crippen LogP contribution is 2.27. The minimum absolute atomic E-state index is 0.514. The van der Waals surface area contributed by atoms with Gasteiger partial charge in [-0.2, -0.15) is 0 Å². The quantitative estimate of drug-likeness (QED) is 0.675. The van der Waals surface area contributed by atoms with Gasteiger partial charge in [0.05, 0.1) is 0 Å². The third-order valence-electron chi connectivity index (χ3n) is 3.13. The lowest BCUT2D eigenvalue weighted by Gasteiger charge is -2.04. The molecule has 0 fully saturated rings. The molecule has 3 heteroatoms. The molecule has 2 aromatic heterocycles. The van der Waals surface area contributed by atoms with Gasteiger partial charge in [-0.1, -0.05) is 42.8 Å². The van der Waals surface area contributed by atoms with E-state index in [9.17, 15) is 0 Å². The van der Waals surface area contributed by atoms with Crippen molar-refractivity contribution in [2.45, 2.75) is 13.3 Å². The molecule has 0 bridgehead atoms. The van der Waals surface area contributed by atoms with E-state index in [1.54, 1.807) is 0 Å². The average molecular weight is 257 g/mol. The van der Waals surface area contributed by atoms with Crippen LogP contribution in [0.2, 0.25) is 5.15 Å². The normalized spacial score (nSPS) is 11.0. The molecular formula is C15H13ClN2. The first-order chi connectivity index (χ1) is 8.78. The molecule has 3 aromatic rings. The fourth-order valence-electron chi connectivity index (χ4n) is 2.22. The Morgan fingerprint density at radius 3 is 2.83 bits per heavy atom. The third kappa shape index (κ3) is 1.89. The molecule has 0 amide bonds. The Morgan fingerprint density at radius 1 is 1.17 bits per heavy atom. The highest BCUT2D eigenvalue weighted by atomic mass is 35.5. The predicted molar refractivity (Wildman–Crippen MR) is 75.9 cm³/mol. The smallest absolute Gasteiger partial charge is 0.139 e. The number of H-pyrrole nitrogens is 1. The van der Waals surface area contributed by atoms with E-state index in [2.05, 4.69) is 47.2 Å². The van der Waals surface area contributed by atoms with Gasteiger partial charge >= 0.3 is 0 Å². The molecule has 0 atom stereocenters. The van der Waals surface area contributed by atoms with Crippen LogP contribution in [-0.4, -0.2) is 9.97 Å². The summed E-state index contributed by atoms with van der Waals surface area (Å²) in [5.41, 5.74) is 4.49. The molecule has 90 valence electrons. The maximum atomic E-state index is 5.90. The van der Waals surface area contributed by atoms with Crippen LogP contribution in [0, 0.1) is 0 Å². The predicted octanol–water partition coefficient (Wildman–Crippen LogP) is 4.45. The molecule has 0 aliphatic heterocycles. The number of aromatic nitrogens is 2. The molecule has 1 N–H and O–H groups in total. The summed E-state index contributed by atoms with van der Waals surface area (Å²) in [4.78, 5) is 7.62. The SMILES string of the molecule is CCc1ccccc1-c1cc2ccc(Cl)nc2[nH]1. The van der Waals surface area contributed by atoms with E-state index < -0.39 is 0 Å². The zero-order valence-electron chi connectivity index (χ0n) is 10.1. The minimum atomic E-state index is 0.514. The third-order valence-corrected chi connectivity index (χ3v) is 3.34. The molecule has 0 aliphatic rings. The van der Waals surface area contributed by atoms with Crippen LogP contribution < -0.4 is 0 Å². The molecule has 3 rings (SSSR count). The van der Waals surface area contributed by atoms with E-state index in [4.69, 9.17) is 11.6 Å². The number of fused-ring (bicyclic) bond motifs is 1. The Morgan fingerprint density at radius 2 is 2.00 bits per heavy atom. The van der Waals surface area contributed by atoms with Crippen LogP contribution >= 0.6 is 11.6 Å². The van der Waals surface area contributed by atoms with Crippen molar-refractivity contribution in [3.8, 4) is 11.3 Å². The largest absolute Gasteiger partial charge is 0.339 e. The summed E-state index contributed by atoms with van der Waals surface area (Å²) in [7, 11) is 0. The van der Waals surface area contributed by atoms with E-state index >= 15 is 0 Å². The Kier molecular flexibility index (Phi) is 2.80. The number of rotatable bonds is 2. The summed E-state index contributed by atoms with van der Waals surface area (Å²) in [5.74, 6) is 0. The van der Waals surface area contributed by atoms with Crippen LogP contribution in [0.3, 0.4) is 0 Å². The van der Waals surface area contributed by atoms with Gasteiger partial charge in [0.1, 0.15) is 10.8 Å². The van der Waals surface area contributed by atoms with E-state index in [1.165, 1.54) is 11.1 Å². The standard InChI is InChI=1S/C15H13ClN2/c1-2-10-5-3-4-6-12(10)13-9-11-7-8-14(16)18-15(11)17-13/h3-9H,2H2,1H3,(H,17,18). The maximum absolute atomic E-state index is 5.90. The van der Waals surface area contributed by atoms with Crippen LogP contribution in [0.1, 0.15) is 12.5 Å². The molecule has 0 unspecified atom stereocenters. The second-order valence-corrected chi connectivity index (χ2v) is 4.65. The number of nitrogens with zero attached hydrogens (tertiary/aromatic N) is 1. The maximum Gasteiger partial charge on any atom is 0.139 e. The first-order valence-electron chi connectivity index (χ1n) is 6.01. The molecule has 2 nitrogen and oxygen atoms in total. The minimum Gasteiger partial charge on any atom is -0.339 e. The first kappa shape index (κ1) is 11.3. The molecule has 0 spiro atoms. The van der Waals surface area contributed by atoms with Gasteiger partial charge in [-0.05, 0) is 30.2 Å². The van der Waals surface area contributed by atoms with Crippen molar-refractivity contribution in [3.05, 3.63) is 53.2 Å². The highest BCUT2D eigenvalue weighted by molar-refractivity contribution is 6.29. The van der Waals surface area contributed by atoms with Gasteiger partial charge in [-0.25, -0.2) is 4.98 Å².